The van der Waals surface area contributed by atoms with Crippen molar-refractivity contribution in [2.75, 3.05) is 13.1 Å². The van der Waals surface area contributed by atoms with Crippen LogP contribution in [0.4, 0.5) is 0 Å². The molecule has 1 fully saturated rings. The number of carbonyl (C=O) groups excluding carboxylic acids is 1. The number of halogens is 1. The number of nitrogens with zero attached hydrogens (tertiary/aromatic N) is 1. The van der Waals surface area contributed by atoms with Gasteiger partial charge in [0.1, 0.15) is 6.04 Å². The number of aliphatic carboxylic acids is 2. The minimum Gasteiger partial charge on any atom is -0.480 e. The molecule has 2 aromatic rings. The van der Waals surface area contributed by atoms with Gasteiger partial charge in [0.15, 0.2) is 6.04 Å². The van der Waals surface area contributed by atoms with Gasteiger partial charge >= 0.3 is 11.9 Å². The van der Waals surface area contributed by atoms with Crippen LogP contribution in [-0.4, -0.2) is 58.1 Å². The second kappa shape index (κ2) is 6.81. The van der Waals surface area contributed by atoms with Crippen molar-refractivity contribution in [3.05, 3.63) is 46.4 Å². The van der Waals surface area contributed by atoms with Crippen LogP contribution in [0.1, 0.15) is 10.4 Å². The van der Waals surface area contributed by atoms with Crippen LogP contribution in [0, 0.1) is 0 Å². The summed E-state index contributed by atoms with van der Waals surface area (Å²) >= 11 is 3.38. The van der Waals surface area contributed by atoms with E-state index in [2.05, 4.69) is 21.2 Å². The molecule has 1 saturated heterocycles. The molecule has 1 heterocycles. The summed E-state index contributed by atoms with van der Waals surface area (Å²) in [5.41, 5.74) is 0.326. The van der Waals surface area contributed by atoms with E-state index in [9.17, 15) is 24.6 Å². The van der Waals surface area contributed by atoms with E-state index >= 15 is 0 Å². The normalized spacial score (nSPS) is 20.4. The fourth-order valence-corrected chi connectivity index (χ4v) is 3.39. The summed E-state index contributed by atoms with van der Waals surface area (Å²) in [7, 11) is 0. The number of amides is 1. The molecule has 25 heavy (non-hydrogen) atoms. The Morgan fingerprint density at radius 3 is 2.40 bits per heavy atom. The largest absolute Gasteiger partial charge is 0.480 e. The smallest absolute Gasteiger partial charge is 0.328 e. The van der Waals surface area contributed by atoms with Crippen LogP contribution >= 0.6 is 15.9 Å². The predicted octanol–water partition coefficient (Wildman–Crippen LogP) is 1.55. The minimum atomic E-state index is -1.46. The number of carboxylic acids is 2. The zero-order chi connectivity index (χ0) is 18.1. The number of nitrogens with one attached hydrogen (secondary N) is 1. The lowest BCUT2D eigenvalue weighted by atomic mass is 10.0. The lowest BCUT2D eigenvalue weighted by Crippen LogP contribution is -2.65. The van der Waals surface area contributed by atoms with Gasteiger partial charge in [0, 0.05) is 23.1 Å². The summed E-state index contributed by atoms with van der Waals surface area (Å²) in [6, 6.07) is 7.89. The van der Waals surface area contributed by atoms with Gasteiger partial charge in [0.05, 0.1) is 0 Å². The zero-order valence-corrected chi connectivity index (χ0v) is 14.6. The summed E-state index contributed by atoms with van der Waals surface area (Å²) in [6.07, 6.45) is 0. The number of rotatable bonds is 3. The lowest BCUT2D eigenvalue weighted by Gasteiger charge is -2.37. The molecule has 8 heteroatoms. The van der Waals surface area contributed by atoms with Gasteiger partial charge in [-0.2, -0.15) is 0 Å². The maximum Gasteiger partial charge on any atom is 0.328 e. The molecule has 3 rings (SSSR count). The fourth-order valence-electron chi connectivity index (χ4n) is 3.01. The Morgan fingerprint density at radius 1 is 1.04 bits per heavy atom. The highest BCUT2D eigenvalue weighted by atomic mass is 79.9. The van der Waals surface area contributed by atoms with Crippen molar-refractivity contribution < 1.29 is 24.6 Å². The van der Waals surface area contributed by atoms with Crippen molar-refractivity contribution >= 4 is 44.5 Å². The van der Waals surface area contributed by atoms with Crippen molar-refractivity contribution in [2.24, 2.45) is 0 Å². The molecule has 3 N–H and O–H groups in total. The first-order chi connectivity index (χ1) is 11.9. The molecule has 130 valence electrons. The van der Waals surface area contributed by atoms with E-state index in [1.807, 2.05) is 18.2 Å². The molecule has 0 aliphatic carbocycles. The predicted molar refractivity (Wildman–Crippen MR) is 93.5 cm³/mol. The van der Waals surface area contributed by atoms with Gasteiger partial charge in [-0.25, -0.2) is 4.79 Å². The Labute approximate surface area is 151 Å². The van der Waals surface area contributed by atoms with Gasteiger partial charge in [-0.05, 0) is 35.0 Å². The van der Waals surface area contributed by atoms with Crippen molar-refractivity contribution in [3.63, 3.8) is 0 Å². The molecule has 0 bridgehead atoms. The van der Waals surface area contributed by atoms with Crippen LogP contribution in [-0.2, 0) is 9.59 Å². The average molecular weight is 407 g/mol. The number of hydrogen-bond acceptors (Lipinski definition) is 4. The van der Waals surface area contributed by atoms with Gasteiger partial charge in [-0.3, -0.25) is 9.59 Å². The van der Waals surface area contributed by atoms with Crippen molar-refractivity contribution in [3.8, 4) is 0 Å². The van der Waals surface area contributed by atoms with E-state index in [0.717, 1.165) is 20.1 Å². The van der Waals surface area contributed by atoms with Gasteiger partial charge in [0.2, 0.25) is 0 Å². The topological polar surface area (TPSA) is 107 Å². The number of fused-ring (bicyclic) bond motifs is 1. The Kier molecular flexibility index (Phi) is 4.73. The van der Waals surface area contributed by atoms with E-state index in [1.165, 1.54) is 0 Å². The zero-order valence-electron chi connectivity index (χ0n) is 13.0. The van der Waals surface area contributed by atoms with Crippen molar-refractivity contribution in [1.29, 1.82) is 0 Å². The maximum atomic E-state index is 12.8. The fraction of sp³-hybridized carbons (Fsp3) is 0.235. The molecule has 1 aliphatic heterocycles. The molecule has 1 aliphatic rings. The monoisotopic (exact) mass is 406 g/mol. The Hall–Kier alpha value is -2.45. The first-order valence-electron chi connectivity index (χ1n) is 7.58. The SMILES string of the molecule is O=C(O)[C@H]1NCCN(C(=O)c2ccc3cc(Br)ccc3c2)[C@H]1C(=O)O. The molecular formula is C17H15BrN2O5. The summed E-state index contributed by atoms with van der Waals surface area (Å²) in [5.74, 6) is -3.14. The highest BCUT2D eigenvalue weighted by Crippen LogP contribution is 2.23. The van der Waals surface area contributed by atoms with E-state index < -0.39 is 29.9 Å². The van der Waals surface area contributed by atoms with Crippen molar-refractivity contribution in [2.45, 2.75) is 12.1 Å². The summed E-state index contributed by atoms with van der Waals surface area (Å²) in [5, 5.41) is 23.1. The van der Waals surface area contributed by atoms with Crippen LogP contribution in [0.5, 0.6) is 0 Å². The molecule has 0 unspecified atom stereocenters. The summed E-state index contributed by atoms with van der Waals surface area (Å²) < 4.78 is 0.913. The van der Waals surface area contributed by atoms with Gasteiger partial charge in [0.25, 0.3) is 5.91 Å². The number of piperazine rings is 1. The highest BCUT2D eigenvalue weighted by Gasteiger charge is 2.43. The van der Waals surface area contributed by atoms with E-state index in [-0.39, 0.29) is 13.1 Å². The molecule has 0 radical (unpaired) electrons. The first kappa shape index (κ1) is 17.4. The molecule has 0 saturated carbocycles. The van der Waals surface area contributed by atoms with Crippen LogP contribution in [0.2, 0.25) is 0 Å². The minimum absolute atomic E-state index is 0.123. The number of benzene rings is 2. The number of carboxylic acid groups (broad SMARTS) is 2. The Balaban J connectivity index is 1.96. The van der Waals surface area contributed by atoms with Crippen LogP contribution in [0.15, 0.2) is 40.9 Å². The summed E-state index contributed by atoms with van der Waals surface area (Å²) in [4.78, 5) is 36.8. The molecule has 2 atom stereocenters. The van der Waals surface area contributed by atoms with Crippen LogP contribution in [0.25, 0.3) is 10.8 Å². The quantitative estimate of drug-likeness (QED) is 0.713. The van der Waals surface area contributed by atoms with Gasteiger partial charge in [-0.1, -0.05) is 28.1 Å². The van der Waals surface area contributed by atoms with E-state index in [0.29, 0.717) is 5.56 Å². The highest BCUT2D eigenvalue weighted by molar-refractivity contribution is 9.10. The molecule has 2 aromatic carbocycles. The summed E-state index contributed by atoms with van der Waals surface area (Å²) in [6.45, 7) is 0.338. The molecule has 7 nitrogen and oxygen atoms in total. The molecule has 0 spiro atoms. The van der Waals surface area contributed by atoms with Crippen molar-refractivity contribution in [1.82, 2.24) is 10.2 Å². The second-order valence-electron chi connectivity index (χ2n) is 5.76. The standard InChI is InChI=1S/C17H15BrN2O5/c18-12-4-3-9-7-11(2-1-10(9)8-12)15(21)20-6-5-19-13(16(22)23)14(20)17(24)25/h1-4,7-8,13-14,19H,5-6H2,(H,22,23)(H,24,25)/t13-,14+/m0/s1. The average Bonchev–Trinajstić information content (AvgIpc) is 2.59. The van der Waals surface area contributed by atoms with E-state index in [1.54, 1.807) is 18.2 Å². The van der Waals surface area contributed by atoms with E-state index in [4.69, 9.17) is 0 Å². The number of carbonyl (C=O) groups is 3. The van der Waals surface area contributed by atoms with Crippen LogP contribution in [0.3, 0.4) is 0 Å². The Bertz CT molecular complexity index is 869. The lowest BCUT2D eigenvalue weighted by molar-refractivity contribution is -0.152. The van der Waals surface area contributed by atoms with Crippen LogP contribution < -0.4 is 5.32 Å². The van der Waals surface area contributed by atoms with Gasteiger partial charge < -0.3 is 20.4 Å². The van der Waals surface area contributed by atoms with Gasteiger partial charge in [-0.15, -0.1) is 0 Å². The second-order valence-corrected chi connectivity index (χ2v) is 6.67. The Morgan fingerprint density at radius 2 is 1.72 bits per heavy atom. The molecular weight excluding hydrogens is 392 g/mol. The molecule has 1 amide bonds. The third-order valence-electron chi connectivity index (χ3n) is 4.20. The third kappa shape index (κ3) is 3.35. The number of hydrogen-bond donors (Lipinski definition) is 3. The first-order valence-corrected chi connectivity index (χ1v) is 8.37. The third-order valence-corrected chi connectivity index (χ3v) is 4.69. The molecule has 0 aromatic heterocycles. The maximum absolute atomic E-state index is 12.8.